The number of carbonyl (C=O) groups excluding carboxylic acids is 1. The van der Waals surface area contributed by atoms with Crippen LogP contribution in [0.15, 0.2) is 0 Å². The molecule has 30 heavy (non-hydrogen) atoms. The van der Waals surface area contributed by atoms with Crippen LogP contribution in [0, 0.1) is 58.7 Å². The molecule has 0 amide bonds. The average molecular weight is 414 g/mol. The molecule has 12 atom stereocenters. The van der Waals surface area contributed by atoms with Crippen LogP contribution in [-0.2, 0) is 4.79 Å². The third kappa shape index (κ3) is 2.79. The van der Waals surface area contributed by atoms with Gasteiger partial charge in [-0.05, 0) is 104 Å². The van der Waals surface area contributed by atoms with E-state index in [-0.39, 0.29) is 17.4 Å². The van der Waals surface area contributed by atoms with Gasteiger partial charge in [-0.15, -0.1) is 0 Å². The maximum absolute atomic E-state index is 13.2. The van der Waals surface area contributed by atoms with Gasteiger partial charge in [0.15, 0.2) is 0 Å². The van der Waals surface area contributed by atoms with Crippen LogP contribution >= 0.6 is 0 Å². The Bertz CT molecular complexity index is 705. The van der Waals surface area contributed by atoms with E-state index in [0.29, 0.717) is 11.7 Å². The topological polar surface area (TPSA) is 40.5 Å². The minimum atomic E-state index is -0.242. The van der Waals surface area contributed by atoms with Crippen molar-refractivity contribution in [3.63, 3.8) is 0 Å². The molecule has 1 N–H and O–H groups in total. The second-order valence-electron chi connectivity index (χ2n) is 13.0. The molecule has 2 aliphatic heterocycles. The molecule has 168 valence electrons. The van der Waals surface area contributed by atoms with Crippen molar-refractivity contribution in [3.05, 3.63) is 0 Å². The lowest BCUT2D eigenvalue weighted by Crippen LogP contribution is -2.58. The smallest absolute Gasteiger partial charge is 0.136 e. The Morgan fingerprint density at radius 2 is 1.70 bits per heavy atom. The van der Waals surface area contributed by atoms with Crippen molar-refractivity contribution in [2.24, 2.45) is 58.7 Å². The van der Waals surface area contributed by atoms with Crippen LogP contribution in [0.3, 0.4) is 0 Å². The van der Waals surface area contributed by atoms with E-state index >= 15 is 0 Å². The number of fused-ring (bicyclic) bond motifs is 8. The van der Waals surface area contributed by atoms with Crippen LogP contribution in [-0.4, -0.2) is 41.0 Å². The van der Waals surface area contributed by atoms with Gasteiger partial charge in [0.1, 0.15) is 5.78 Å². The third-order valence-electron chi connectivity index (χ3n) is 11.8. The Hall–Kier alpha value is -0.410. The van der Waals surface area contributed by atoms with Gasteiger partial charge in [-0.3, -0.25) is 9.69 Å². The van der Waals surface area contributed by atoms with Crippen LogP contribution in [0.5, 0.6) is 0 Å². The molecule has 2 saturated heterocycles. The third-order valence-corrected chi connectivity index (χ3v) is 11.8. The van der Waals surface area contributed by atoms with E-state index < -0.39 is 0 Å². The van der Waals surface area contributed by atoms with E-state index in [1.807, 2.05) is 0 Å². The number of aliphatic hydroxyl groups excluding tert-OH is 1. The number of rotatable bonds is 0. The largest absolute Gasteiger partial charge is 0.393 e. The zero-order valence-corrected chi connectivity index (χ0v) is 19.4. The molecular weight excluding hydrogens is 370 g/mol. The molecule has 0 aromatic rings. The molecule has 2 heterocycles. The van der Waals surface area contributed by atoms with Gasteiger partial charge < -0.3 is 5.11 Å². The van der Waals surface area contributed by atoms with E-state index in [1.54, 1.807) is 0 Å². The molecule has 0 radical (unpaired) electrons. The van der Waals surface area contributed by atoms with E-state index in [1.165, 1.54) is 45.2 Å². The van der Waals surface area contributed by atoms with E-state index in [2.05, 4.69) is 25.7 Å². The normalized spacial score (nSPS) is 58.3. The van der Waals surface area contributed by atoms with Crippen LogP contribution in [0.1, 0.15) is 78.6 Å². The highest BCUT2D eigenvalue weighted by Crippen LogP contribution is 2.66. The molecule has 4 saturated carbocycles. The first-order valence-corrected chi connectivity index (χ1v) is 13.3. The van der Waals surface area contributed by atoms with Gasteiger partial charge in [-0.2, -0.15) is 0 Å². The van der Waals surface area contributed by atoms with Gasteiger partial charge in [-0.25, -0.2) is 0 Å². The molecule has 0 aromatic heterocycles. The number of Topliss-reactive ketones (excluding diaryl/α,β-unsaturated/α-hetero) is 1. The molecule has 6 aliphatic rings. The zero-order valence-electron chi connectivity index (χ0n) is 19.4. The maximum Gasteiger partial charge on any atom is 0.136 e. The minimum Gasteiger partial charge on any atom is -0.393 e. The summed E-state index contributed by atoms with van der Waals surface area (Å²) >= 11 is 0. The van der Waals surface area contributed by atoms with Crippen molar-refractivity contribution in [1.29, 1.82) is 0 Å². The van der Waals surface area contributed by atoms with Crippen LogP contribution < -0.4 is 0 Å². The van der Waals surface area contributed by atoms with E-state index in [4.69, 9.17) is 0 Å². The maximum atomic E-state index is 13.2. The van der Waals surface area contributed by atoms with E-state index in [9.17, 15) is 9.90 Å². The first-order valence-electron chi connectivity index (χ1n) is 13.3. The molecule has 6 fully saturated rings. The van der Waals surface area contributed by atoms with E-state index in [0.717, 1.165) is 73.2 Å². The minimum absolute atomic E-state index is 0.135. The fourth-order valence-corrected chi connectivity index (χ4v) is 10.3. The highest BCUT2D eigenvalue weighted by atomic mass is 16.3. The van der Waals surface area contributed by atoms with Crippen molar-refractivity contribution < 1.29 is 9.90 Å². The summed E-state index contributed by atoms with van der Waals surface area (Å²) in [7, 11) is 0. The lowest BCUT2D eigenvalue weighted by Gasteiger charge is -2.56. The Morgan fingerprint density at radius 3 is 2.53 bits per heavy atom. The van der Waals surface area contributed by atoms with Crippen molar-refractivity contribution >= 4 is 5.78 Å². The fraction of sp³-hybridized carbons (Fsp3) is 0.963. The highest BCUT2D eigenvalue weighted by molar-refractivity contribution is 5.83. The van der Waals surface area contributed by atoms with Gasteiger partial charge in [-0.1, -0.05) is 20.8 Å². The summed E-state index contributed by atoms with van der Waals surface area (Å²) in [5.41, 5.74) is 0.161. The summed E-state index contributed by atoms with van der Waals surface area (Å²) in [5.74, 6) is 7.19. The SMILES string of the molecule is C[C@@H]1CC[C@H]2[C@H](C)[C@H]3CC[C@@H]4[C@@H](C[C@H]5[C@H]4CC(=O)[C@H]4C[C@@H](O)CC[C@@]45C)[C@@H]3CN2C1. The molecule has 3 heteroatoms. The second-order valence-corrected chi connectivity index (χ2v) is 13.0. The predicted octanol–water partition coefficient (Wildman–Crippen LogP) is 4.77. The molecule has 6 rings (SSSR count). The van der Waals surface area contributed by atoms with Crippen LogP contribution in [0.2, 0.25) is 0 Å². The van der Waals surface area contributed by atoms with Crippen LogP contribution in [0.4, 0.5) is 0 Å². The summed E-state index contributed by atoms with van der Waals surface area (Å²) < 4.78 is 0. The standard InChI is InChI=1S/C27H43NO2/c1-15-4-7-25-16(2)18-5-6-19-20(22(18)14-28(25)13-15)11-23-21(19)12-26(30)24-10-17(29)8-9-27(23,24)3/h15-25,29H,4-14H2,1-3H3/t15-,16-,17+,18-,19-,20-,21+,22-,23+,24-,25+,27-/m1/s1. The summed E-state index contributed by atoms with van der Waals surface area (Å²) in [5, 5.41) is 10.3. The summed E-state index contributed by atoms with van der Waals surface area (Å²) in [4.78, 5) is 16.1. The Morgan fingerprint density at radius 1 is 0.900 bits per heavy atom. The van der Waals surface area contributed by atoms with Crippen molar-refractivity contribution in [1.82, 2.24) is 4.90 Å². The molecule has 3 nitrogen and oxygen atoms in total. The molecule has 4 aliphatic carbocycles. The fourth-order valence-electron chi connectivity index (χ4n) is 10.3. The zero-order chi connectivity index (χ0) is 20.8. The number of hydrogen-bond donors (Lipinski definition) is 1. The lowest BCUT2D eigenvalue weighted by atomic mass is 9.51. The number of piperidine rings is 2. The Kier molecular flexibility index (Phi) is 4.75. The summed E-state index contributed by atoms with van der Waals surface area (Å²) in [6.45, 7) is 10.1. The summed E-state index contributed by atoms with van der Waals surface area (Å²) in [6.07, 6.45) is 10.3. The first kappa shape index (κ1) is 20.2. The monoisotopic (exact) mass is 413 g/mol. The van der Waals surface area contributed by atoms with Crippen molar-refractivity contribution in [3.8, 4) is 0 Å². The average Bonchev–Trinajstić information content (AvgIpc) is 3.09. The van der Waals surface area contributed by atoms with Gasteiger partial charge in [0.05, 0.1) is 6.10 Å². The van der Waals surface area contributed by atoms with Crippen LogP contribution in [0.25, 0.3) is 0 Å². The molecule has 0 unspecified atom stereocenters. The number of aliphatic hydroxyl groups is 1. The highest BCUT2D eigenvalue weighted by Gasteiger charge is 2.62. The van der Waals surface area contributed by atoms with Crippen molar-refractivity contribution in [2.75, 3.05) is 13.1 Å². The molecule has 0 bridgehead atoms. The number of hydrogen-bond acceptors (Lipinski definition) is 3. The predicted molar refractivity (Wildman–Crippen MR) is 119 cm³/mol. The Labute approximate surface area is 183 Å². The summed E-state index contributed by atoms with van der Waals surface area (Å²) in [6, 6.07) is 0.839. The number of nitrogens with zero attached hydrogens (tertiary/aromatic N) is 1. The number of ketones is 1. The quantitative estimate of drug-likeness (QED) is 0.622. The molecular formula is C27H43NO2. The Balaban J connectivity index is 1.28. The van der Waals surface area contributed by atoms with Gasteiger partial charge in [0.25, 0.3) is 0 Å². The van der Waals surface area contributed by atoms with Crippen molar-refractivity contribution in [2.45, 2.75) is 90.7 Å². The first-order chi connectivity index (χ1) is 14.4. The second kappa shape index (κ2) is 7.04. The number of carbonyl (C=O) groups is 1. The lowest BCUT2D eigenvalue weighted by molar-refractivity contribution is -0.145. The van der Waals surface area contributed by atoms with Gasteiger partial charge in [0, 0.05) is 31.5 Å². The van der Waals surface area contributed by atoms with Gasteiger partial charge >= 0.3 is 0 Å². The molecule has 0 aromatic carbocycles. The molecule has 0 spiro atoms. The van der Waals surface area contributed by atoms with Gasteiger partial charge in [0.2, 0.25) is 0 Å².